The molecule has 5 rings (SSSR count). The van der Waals surface area contributed by atoms with E-state index < -0.39 is 49.9 Å². The van der Waals surface area contributed by atoms with Gasteiger partial charge in [0.1, 0.15) is 42.9 Å². The maximum Gasteiger partial charge on any atom is 0.332 e. The first kappa shape index (κ1) is 33.2. The molecule has 10 nitrogen and oxygen atoms in total. The van der Waals surface area contributed by atoms with Crippen molar-refractivity contribution in [2.75, 3.05) is 13.2 Å². The van der Waals surface area contributed by atoms with Crippen LogP contribution >= 0.6 is 0 Å². The normalized spacial score (nSPS) is 48.5. The van der Waals surface area contributed by atoms with E-state index >= 15 is 0 Å². The van der Waals surface area contributed by atoms with E-state index in [0.717, 1.165) is 38.5 Å². The van der Waals surface area contributed by atoms with Gasteiger partial charge in [-0.15, -0.1) is 0 Å². The van der Waals surface area contributed by atoms with E-state index in [9.17, 15) is 35.1 Å². The second kappa shape index (κ2) is 12.9. The van der Waals surface area contributed by atoms with Gasteiger partial charge in [-0.25, -0.2) is 4.79 Å². The average molecular weight is 611 g/mol. The van der Waals surface area contributed by atoms with Crippen LogP contribution < -0.4 is 0 Å². The molecule has 0 aromatic rings. The molecule has 4 saturated carbocycles. The van der Waals surface area contributed by atoms with E-state index in [2.05, 4.69) is 20.8 Å². The zero-order chi connectivity index (χ0) is 31.3. The summed E-state index contributed by atoms with van der Waals surface area (Å²) in [6.07, 6.45) is 1.47. The van der Waals surface area contributed by atoms with Crippen LogP contribution in [0.25, 0.3) is 0 Å². The van der Waals surface area contributed by atoms with Gasteiger partial charge < -0.3 is 44.5 Å². The van der Waals surface area contributed by atoms with Gasteiger partial charge in [-0.1, -0.05) is 20.8 Å². The highest BCUT2D eigenvalue weighted by Gasteiger charge is 2.63. The molecular formula is C33H54O10. The minimum Gasteiger partial charge on any atom is -0.461 e. The van der Waals surface area contributed by atoms with Crippen molar-refractivity contribution >= 4 is 11.8 Å². The Bertz CT molecular complexity index is 1000. The molecule has 5 fully saturated rings. The van der Waals surface area contributed by atoms with E-state index in [0.29, 0.717) is 42.9 Å². The molecule has 0 radical (unpaired) electrons. The van der Waals surface area contributed by atoms with Crippen molar-refractivity contribution in [1.29, 1.82) is 0 Å². The van der Waals surface area contributed by atoms with Crippen molar-refractivity contribution in [3.8, 4) is 0 Å². The summed E-state index contributed by atoms with van der Waals surface area (Å²) in [6, 6.07) is 0. The Morgan fingerprint density at radius 1 is 0.930 bits per heavy atom. The highest BCUT2D eigenvalue weighted by molar-refractivity contribution is 5.75. The number of hydrogen-bond donors (Lipinski definition) is 5. The molecule has 5 aliphatic rings. The van der Waals surface area contributed by atoms with Gasteiger partial charge in [-0.2, -0.15) is 0 Å². The van der Waals surface area contributed by atoms with E-state index in [4.69, 9.17) is 14.2 Å². The molecule has 0 aromatic heterocycles. The Morgan fingerprint density at radius 3 is 2.33 bits per heavy atom. The Labute approximate surface area is 255 Å². The molecule has 1 heterocycles. The monoisotopic (exact) mass is 610 g/mol. The van der Waals surface area contributed by atoms with Crippen LogP contribution in [0.15, 0.2) is 0 Å². The molecule has 4 aliphatic carbocycles. The summed E-state index contributed by atoms with van der Waals surface area (Å²) in [5.74, 6) is 2.23. The van der Waals surface area contributed by atoms with Gasteiger partial charge in [0.05, 0.1) is 12.7 Å². The Kier molecular flexibility index (Phi) is 9.99. The number of rotatable bonds is 9. The standard InChI is InChI=1S/C33H54O10/c1-17(5-6-18(2)35)21-7-8-22-27-23(10-12-33(21,22)4)32(3)11-9-20(13-19(32)14-24(27)36)42-26(37)16-41-31-30(40)29(39)28(38)25(15-34)43-31/h17,19-25,27-31,34,36,38-40H,5-16H2,1-4H3/t17-,19-,20+,21+,22?,23?,24-,25?,27?,28?,29?,30?,31?,32-,33+/m0/s1. The summed E-state index contributed by atoms with van der Waals surface area (Å²) >= 11 is 0. The summed E-state index contributed by atoms with van der Waals surface area (Å²) < 4.78 is 16.5. The highest BCUT2D eigenvalue weighted by Crippen LogP contribution is 2.68. The molecule has 0 amide bonds. The number of Topliss-reactive ketones (excluding diaryl/α,β-unsaturated/α-hetero) is 1. The molecule has 43 heavy (non-hydrogen) atoms. The fraction of sp³-hybridized carbons (Fsp3) is 0.939. The lowest BCUT2D eigenvalue weighted by molar-refractivity contribution is -0.300. The van der Waals surface area contributed by atoms with Crippen molar-refractivity contribution in [2.45, 2.75) is 135 Å². The summed E-state index contributed by atoms with van der Waals surface area (Å²) in [5.41, 5.74) is 0.286. The maximum absolute atomic E-state index is 12.7. The average Bonchev–Trinajstić information content (AvgIpc) is 3.32. The largest absolute Gasteiger partial charge is 0.461 e. The van der Waals surface area contributed by atoms with Gasteiger partial charge in [0.2, 0.25) is 0 Å². The fourth-order valence-corrected chi connectivity index (χ4v) is 10.5. The first-order chi connectivity index (χ1) is 20.3. The molecule has 246 valence electrons. The van der Waals surface area contributed by atoms with E-state index in [1.54, 1.807) is 6.92 Å². The van der Waals surface area contributed by atoms with Crippen molar-refractivity contribution in [2.24, 2.45) is 46.3 Å². The molecule has 0 spiro atoms. The predicted octanol–water partition coefficient (Wildman–Crippen LogP) is 2.35. The van der Waals surface area contributed by atoms with Gasteiger partial charge in [0, 0.05) is 6.42 Å². The molecule has 10 heteroatoms. The fourth-order valence-electron chi connectivity index (χ4n) is 10.5. The van der Waals surface area contributed by atoms with Crippen molar-refractivity contribution in [1.82, 2.24) is 0 Å². The highest BCUT2D eigenvalue weighted by atomic mass is 16.7. The maximum atomic E-state index is 12.7. The molecule has 15 atom stereocenters. The quantitative estimate of drug-likeness (QED) is 0.245. The molecule has 8 unspecified atom stereocenters. The van der Waals surface area contributed by atoms with Gasteiger partial charge >= 0.3 is 5.97 Å². The lowest BCUT2D eigenvalue weighted by Gasteiger charge is -2.62. The zero-order valence-corrected chi connectivity index (χ0v) is 26.3. The molecule has 1 aliphatic heterocycles. The lowest BCUT2D eigenvalue weighted by Crippen LogP contribution is -2.59. The minimum atomic E-state index is -1.58. The number of esters is 1. The van der Waals surface area contributed by atoms with Crippen molar-refractivity contribution < 1.29 is 49.3 Å². The number of ether oxygens (including phenoxy) is 3. The molecule has 5 N–H and O–H groups in total. The second-order valence-electron chi connectivity index (χ2n) is 15.1. The Morgan fingerprint density at radius 2 is 1.63 bits per heavy atom. The number of hydrogen-bond acceptors (Lipinski definition) is 10. The van der Waals surface area contributed by atoms with Crippen LogP contribution in [0.4, 0.5) is 0 Å². The summed E-state index contributed by atoms with van der Waals surface area (Å²) in [7, 11) is 0. The Balaban J connectivity index is 1.17. The van der Waals surface area contributed by atoms with Gasteiger partial charge in [0.15, 0.2) is 6.29 Å². The number of aliphatic hydroxyl groups is 5. The number of aliphatic hydroxyl groups excluding tert-OH is 5. The van der Waals surface area contributed by atoms with Gasteiger partial charge in [-0.3, -0.25) is 0 Å². The van der Waals surface area contributed by atoms with Crippen LogP contribution in [0.5, 0.6) is 0 Å². The third kappa shape index (κ3) is 6.19. The zero-order valence-electron chi connectivity index (χ0n) is 26.3. The first-order valence-electron chi connectivity index (χ1n) is 16.6. The van der Waals surface area contributed by atoms with Crippen LogP contribution in [-0.2, 0) is 23.8 Å². The van der Waals surface area contributed by atoms with Gasteiger partial charge in [-0.05, 0) is 111 Å². The van der Waals surface area contributed by atoms with Crippen molar-refractivity contribution in [3.05, 3.63) is 0 Å². The number of fused-ring (bicyclic) bond motifs is 5. The summed E-state index contributed by atoms with van der Waals surface area (Å²) in [5, 5.41) is 51.1. The molecule has 0 aromatic carbocycles. The molecular weight excluding hydrogens is 556 g/mol. The smallest absolute Gasteiger partial charge is 0.332 e. The number of carbonyl (C=O) groups is 2. The van der Waals surface area contributed by atoms with Crippen LogP contribution in [0.3, 0.4) is 0 Å². The minimum absolute atomic E-state index is 0.0826. The van der Waals surface area contributed by atoms with E-state index in [-0.39, 0.29) is 40.7 Å². The van der Waals surface area contributed by atoms with Crippen LogP contribution in [0, 0.1) is 46.3 Å². The van der Waals surface area contributed by atoms with Crippen LogP contribution in [0.1, 0.15) is 91.9 Å². The van der Waals surface area contributed by atoms with Gasteiger partial charge in [0.25, 0.3) is 0 Å². The number of carbonyl (C=O) groups excluding carboxylic acids is 2. The summed E-state index contributed by atoms with van der Waals surface area (Å²) in [6.45, 7) is 7.78. The predicted molar refractivity (Wildman–Crippen MR) is 155 cm³/mol. The van der Waals surface area contributed by atoms with E-state index in [1.807, 2.05) is 0 Å². The topological polar surface area (TPSA) is 163 Å². The van der Waals surface area contributed by atoms with Crippen LogP contribution in [0.2, 0.25) is 0 Å². The lowest BCUT2D eigenvalue weighted by atomic mass is 9.43. The van der Waals surface area contributed by atoms with E-state index in [1.165, 1.54) is 6.42 Å². The number of ketones is 1. The molecule has 0 bridgehead atoms. The molecule has 1 saturated heterocycles. The SMILES string of the molecule is CC(=O)CC[C@H](C)[C@H]1CCC2C3C(CC[C@@]21C)[C@@]1(C)CC[C@@H](OC(=O)COC2OC(CO)C(O)C(O)C2O)C[C@H]1C[C@@H]3O. The summed E-state index contributed by atoms with van der Waals surface area (Å²) in [4.78, 5) is 24.4. The Hall–Kier alpha value is -1.14. The van der Waals surface area contributed by atoms with Crippen LogP contribution in [-0.4, -0.2) is 93.4 Å². The second-order valence-corrected chi connectivity index (χ2v) is 15.1. The van der Waals surface area contributed by atoms with Crippen molar-refractivity contribution in [3.63, 3.8) is 0 Å². The third-order valence-electron chi connectivity index (χ3n) is 12.9. The first-order valence-corrected chi connectivity index (χ1v) is 16.6. The third-order valence-corrected chi connectivity index (χ3v) is 12.9.